The Bertz CT molecular complexity index is 385. The summed E-state index contributed by atoms with van der Waals surface area (Å²) in [6, 6.07) is 0. The first-order valence-electron chi connectivity index (χ1n) is 6.54. The molecular formula is C16H26O. The van der Waals surface area contributed by atoms with E-state index in [2.05, 4.69) is 55.4 Å². The minimum Gasteiger partial charge on any atom is -0.490 e. The molecule has 0 bridgehead atoms. The van der Waals surface area contributed by atoms with E-state index in [-0.39, 0.29) is 6.10 Å². The smallest absolute Gasteiger partial charge is 0.126 e. The molecular weight excluding hydrogens is 208 g/mol. The van der Waals surface area contributed by atoms with E-state index in [1.807, 2.05) is 0 Å². The molecule has 0 saturated heterocycles. The summed E-state index contributed by atoms with van der Waals surface area (Å²) in [5.74, 6) is 1.65. The highest BCUT2D eigenvalue weighted by molar-refractivity contribution is 5.54. The first-order chi connectivity index (χ1) is 7.77. The van der Waals surface area contributed by atoms with Crippen LogP contribution < -0.4 is 4.74 Å². The van der Waals surface area contributed by atoms with Crippen molar-refractivity contribution in [3.05, 3.63) is 27.8 Å². The number of hydrogen-bond donors (Lipinski definition) is 0. The molecule has 1 aromatic rings. The molecule has 17 heavy (non-hydrogen) atoms. The summed E-state index contributed by atoms with van der Waals surface area (Å²) in [5.41, 5.74) is 6.85. The van der Waals surface area contributed by atoms with Crippen LogP contribution in [0.5, 0.6) is 5.75 Å². The second-order valence-corrected chi connectivity index (χ2v) is 5.56. The molecule has 0 fully saturated rings. The fourth-order valence-electron chi connectivity index (χ4n) is 2.59. The minimum absolute atomic E-state index is 0.232. The largest absolute Gasteiger partial charge is 0.490 e. The molecule has 0 aliphatic carbocycles. The van der Waals surface area contributed by atoms with Crippen LogP contribution in [-0.2, 0) is 0 Å². The predicted molar refractivity (Wildman–Crippen MR) is 75.2 cm³/mol. The molecule has 1 nitrogen and oxygen atoms in total. The Kier molecular flexibility index (Phi) is 4.24. The average molecular weight is 234 g/mol. The van der Waals surface area contributed by atoms with Crippen LogP contribution in [0, 0.1) is 27.7 Å². The maximum atomic E-state index is 5.97. The van der Waals surface area contributed by atoms with Gasteiger partial charge in [0.1, 0.15) is 5.75 Å². The minimum atomic E-state index is 0.232. The molecule has 0 aliphatic heterocycles. The van der Waals surface area contributed by atoms with Crippen LogP contribution in [0.3, 0.4) is 0 Å². The Morgan fingerprint density at radius 3 is 1.41 bits per heavy atom. The summed E-state index contributed by atoms with van der Waals surface area (Å²) in [5, 5.41) is 0. The van der Waals surface area contributed by atoms with Gasteiger partial charge in [-0.1, -0.05) is 13.8 Å². The summed E-state index contributed by atoms with van der Waals surface area (Å²) in [6.45, 7) is 17.5. The van der Waals surface area contributed by atoms with E-state index in [0.717, 1.165) is 5.75 Å². The van der Waals surface area contributed by atoms with Gasteiger partial charge < -0.3 is 4.74 Å². The van der Waals surface area contributed by atoms with Crippen molar-refractivity contribution in [1.29, 1.82) is 0 Å². The monoisotopic (exact) mass is 234 g/mol. The van der Waals surface area contributed by atoms with Gasteiger partial charge in [-0.2, -0.15) is 0 Å². The maximum Gasteiger partial charge on any atom is 0.126 e. The topological polar surface area (TPSA) is 9.23 Å². The fourth-order valence-corrected chi connectivity index (χ4v) is 2.59. The quantitative estimate of drug-likeness (QED) is 0.727. The second kappa shape index (κ2) is 5.12. The third-order valence-corrected chi connectivity index (χ3v) is 3.55. The van der Waals surface area contributed by atoms with Crippen molar-refractivity contribution < 1.29 is 4.74 Å². The van der Waals surface area contributed by atoms with Gasteiger partial charge >= 0.3 is 0 Å². The molecule has 0 aromatic heterocycles. The van der Waals surface area contributed by atoms with Gasteiger partial charge in [-0.25, -0.2) is 0 Å². The van der Waals surface area contributed by atoms with Crippen LogP contribution in [0.25, 0.3) is 0 Å². The van der Waals surface area contributed by atoms with Gasteiger partial charge in [0.25, 0.3) is 0 Å². The van der Waals surface area contributed by atoms with E-state index in [1.54, 1.807) is 0 Å². The third kappa shape index (κ3) is 2.65. The Hall–Kier alpha value is -0.980. The zero-order valence-corrected chi connectivity index (χ0v) is 12.6. The molecule has 0 amide bonds. The Balaban J connectivity index is 3.47. The number of ether oxygens (including phenoxy) is 1. The molecule has 0 N–H and O–H groups in total. The van der Waals surface area contributed by atoms with Gasteiger partial charge in [0.2, 0.25) is 0 Å². The molecule has 0 aliphatic rings. The van der Waals surface area contributed by atoms with Gasteiger partial charge in [-0.3, -0.25) is 0 Å². The van der Waals surface area contributed by atoms with Crippen molar-refractivity contribution in [2.45, 2.75) is 67.4 Å². The molecule has 0 saturated carbocycles. The van der Waals surface area contributed by atoms with Crippen LogP contribution in [0.2, 0.25) is 0 Å². The van der Waals surface area contributed by atoms with Crippen LogP contribution in [-0.4, -0.2) is 6.10 Å². The standard InChI is InChI=1S/C16H26O/c1-9(2)15-11(5)13(7)16(17-10(3)4)14(8)12(15)6/h9-10H,1-8H3. The van der Waals surface area contributed by atoms with Crippen molar-refractivity contribution in [1.82, 2.24) is 0 Å². The summed E-state index contributed by atoms with van der Waals surface area (Å²) in [7, 11) is 0. The van der Waals surface area contributed by atoms with Gasteiger partial charge in [0, 0.05) is 0 Å². The lowest BCUT2D eigenvalue weighted by atomic mass is 9.87. The van der Waals surface area contributed by atoms with Crippen molar-refractivity contribution in [3.63, 3.8) is 0 Å². The number of benzene rings is 1. The predicted octanol–water partition coefficient (Wildman–Crippen LogP) is 4.83. The van der Waals surface area contributed by atoms with Crippen LogP contribution in [0.15, 0.2) is 0 Å². The summed E-state index contributed by atoms with van der Waals surface area (Å²) < 4.78 is 5.97. The Morgan fingerprint density at radius 2 is 1.12 bits per heavy atom. The molecule has 96 valence electrons. The normalized spacial score (nSPS) is 11.4. The van der Waals surface area contributed by atoms with E-state index in [1.165, 1.54) is 27.8 Å². The van der Waals surface area contributed by atoms with E-state index >= 15 is 0 Å². The third-order valence-electron chi connectivity index (χ3n) is 3.55. The SMILES string of the molecule is Cc1c(C)c(C(C)C)c(C)c(C)c1OC(C)C. The van der Waals surface area contributed by atoms with Crippen molar-refractivity contribution in [2.24, 2.45) is 0 Å². The number of hydrogen-bond acceptors (Lipinski definition) is 1. The number of rotatable bonds is 3. The lowest BCUT2D eigenvalue weighted by Crippen LogP contribution is -2.11. The van der Waals surface area contributed by atoms with Crippen LogP contribution in [0.4, 0.5) is 0 Å². The van der Waals surface area contributed by atoms with E-state index in [0.29, 0.717) is 5.92 Å². The van der Waals surface area contributed by atoms with E-state index < -0.39 is 0 Å². The highest BCUT2D eigenvalue weighted by atomic mass is 16.5. The molecule has 1 heteroatoms. The zero-order chi connectivity index (χ0) is 13.3. The van der Waals surface area contributed by atoms with E-state index in [9.17, 15) is 0 Å². The fraction of sp³-hybridized carbons (Fsp3) is 0.625. The van der Waals surface area contributed by atoms with Crippen molar-refractivity contribution >= 4 is 0 Å². The highest BCUT2D eigenvalue weighted by Gasteiger charge is 2.18. The molecule has 0 spiro atoms. The summed E-state index contributed by atoms with van der Waals surface area (Å²) >= 11 is 0. The Labute approximate surface area is 106 Å². The van der Waals surface area contributed by atoms with Crippen LogP contribution >= 0.6 is 0 Å². The summed E-state index contributed by atoms with van der Waals surface area (Å²) in [4.78, 5) is 0. The second-order valence-electron chi connectivity index (χ2n) is 5.56. The average Bonchev–Trinajstić information content (AvgIpc) is 2.21. The molecule has 0 heterocycles. The molecule has 0 radical (unpaired) electrons. The van der Waals surface area contributed by atoms with Crippen LogP contribution in [0.1, 0.15) is 61.4 Å². The highest BCUT2D eigenvalue weighted by Crippen LogP contribution is 2.36. The zero-order valence-electron chi connectivity index (χ0n) is 12.6. The van der Waals surface area contributed by atoms with Crippen molar-refractivity contribution in [3.8, 4) is 5.75 Å². The Morgan fingerprint density at radius 1 is 0.706 bits per heavy atom. The van der Waals surface area contributed by atoms with E-state index in [4.69, 9.17) is 4.74 Å². The lowest BCUT2D eigenvalue weighted by molar-refractivity contribution is 0.238. The van der Waals surface area contributed by atoms with Gasteiger partial charge in [-0.15, -0.1) is 0 Å². The molecule has 1 aromatic carbocycles. The van der Waals surface area contributed by atoms with Gasteiger partial charge in [0.05, 0.1) is 6.10 Å². The molecule has 1 rings (SSSR count). The maximum absolute atomic E-state index is 5.97. The summed E-state index contributed by atoms with van der Waals surface area (Å²) in [6.07, 6.45) is 0.232. The first-order valence-corrected chi connectivity index (χ1v) is 6.54. The van der Waals surface area contributed by atoms with Gasteiger partial charge in [-0.05, 0) is 75.3 Å². The first kappa shape index (κ1) is 14.1. The molecule has 0 atom stereocenters. The van der Waals surface area contributed by atoms with Crippen molar-refractivity contribution in [2.75, 3.05) is 0 Å². The lowest BCUT2D eigenvalue weighted by Gasteiger charge is -2.24. The van der Waals surface area contributed by atoms with Gasteiger partial charge in [0.15, 0.2) is 0 Å². The molecule has 0 unspecified atom stereocenters.